The van der Waals surface area contributed by atoms with Gasteiger partial charge >= 0.3 is 10.2 Å². The molecule has 1 fully saturated rings. The molecule has 1 saturated heterocycles. The molecule has 106 valence electrons. The second-order valence-electron chi connectivity index (χ2n) is 4.63. The SMILES string of the molecule is O=C(NS(=O)(=O)N1CCCC1)c1cn2ccccc2n1. The van der Waals surface area contributed by atoms with Crippen LogP contribution in [0.1, 0.15) is 23.3 Å². The van der Waals surface area contributed by atoms with Crippen LogP contribution in [0.3, 0.4) is 0 Å². The summed E-state index contributed by atoms with van der Waals surface area (Å²) in [4.78, 5) is 16.1. The van der Waals surface area contributed by atoms with Crippen molar-refractivity contribution in [1.82, 2.24) is 18.4 Å². The molecule has 0 unspecified atom stereocenters. The van der Waals surface area contributed by atoms with Crippen molar-refractivity contribution in [1.29, 1.82) is 0 Å². The molecular formula is C12H14N4O3S. The average Bonchev–Trinajstić information content (AvgIpc) is 3.07. The van der Waals surface area contributed by atoms with Crippen molar-refractivity contribution < 1.29 is 13.2 Å². The second kappa shape index (κ2) is 4.88. The van der Waals surface area contributed by atoms with Crippen molar-refractivity contribution in [2.24, 2.45) is 0 Å². The fraction of sp³-hybridized carbons (Fsp3) is 0.333. The summed E-state index contributed by atoms with van der Waals surface area (Å²) in [5, 5.41) is 0. The number of carbonyl (C=O) groups excluding carboxylic acids is 1. The predicted molar refractivity (Wildman–Crippen MR) is 72.4 cm³/mol. The van der Waals surface area contributed by atoms with Gasteiger partial charge in [-0.15, -0.1) is 0 Å². The largest absolute Gasteiger partial charge is 0.306 e. The average molecular weight is 294 g/mol. The smallest absolute Gasteiger partial charge is 0.304 e. The monoisotopic (exact) mass is 294 g/mol. The molecule has 0 aliphatic carbocycles. The molecule has 0 atom stereocenters. The third kappa shape index (κ3) is 2.39. The minimum absolute atomic E-state index is 0.0824. The first kappa shape index (κ1) is 13.1. The summed E-state index contributed by atoms with van der Waals surface area (Å²) in [5.74, 6) is -0.708. The van der Waals surface area contributed by atoms with Crippen molar-refractivity contribution in [2.45, 2.75) is 12.8 Å². The van der Waals surface area contributed by atoms with E-state index in [-0.39, 0.29) is 5.69 Å². The van der Waals surface area contributed by atoms with Crippen LogP contribution in [0, 0.1) is 0 Å². The molecule has 1 N–H and O–H groups in total. The molecule has 0 radical (unpaired) electrons. The van der Waals surface area contributed by atoms with Gasteiger partial charge in [0.1, 0.15) is 11.3 Å². The van der Waals surface area contributed by atoms with Crippen molar-refractivity contribution >= 4 is 21.8 Å². The van der Waals surface area contributed by atoms with Gasteiger partial charge in [0.15, 0.2) is 0 Å². The van der Waals surface area contributed by atoms with E-state index in [4.69, 9.17) is 0 Å². The van der Waals surface area contributed by atoms with Crippen LogP contribution in [0.2, 0.25) is 0 Å². The number of rotatable bonds is 3. The molecule has 0 saturated carbocycles. The molecule has 1 amide bonds. The lowest BCUT2D eigenvalue weighted by molar-refractivity contribution is 0.0975. The van der Waals surface area contributed by atoms with Crippen LogP contribution < -0.4 is 4.72 Å². The third-order valence-electron chi connectivity index (χ3n) is 3.22. The van der Waals surface area contributed by atoms with Gasteiger partial charge in [0.05, 0.1) is 0 Å². The molecule has 0 spiro atoms. The predicted octanol–water partition coefficient (Wildman–Crippen LogP) is 0.405. The van der Waals surface area contributed by atoms with Gasteiger partial charge in [-0.3, -0.25) is 4.79 Å². The van der Waals surface area contributed by atoms with E-state index >= 15 is 0 Å². The topological polar surface area (TPSA) is 83.8 Å². The lowest BCUT2D eigenvalue weighted by atomic mass is 10.4. The summed E-state index contributed by atoms with van der Waals surface area (Å²) >= 11 is 0. The Hall–Kier alpha value is -1.93. The maximum absolute atomic E-state index is 12.0. The lowest BCUT2D eigenvalue weighted by Crippen LogP contribution is -2.42. The van der Waals surface area contributed by atoms with Gasteiger partial charge in [0.2, 0.25) is 0 Å². The van der Waals surface area contributed by atoms with Crippen molar-refractivity contribution in [3.8, 4) is 0 Å². The van der Waals surface area contributed by atoms with Crippen LogP contribution in [0.5, 0.6) is 0 Å². The van der Waals surface area contributed by atoms with Crippen LogP contribution in [0.4, 0.5) is 0 Å². The third-order valence-corrected chi connectivity index (χ3v) is 4.71. The quantitative estimate of drug-likeness (QED) is 0.888. The molecule has 2 aromatic heterocycles. The number of imidazole rings is 1. The van der Waals surface area contributed by atoms with Crippen LogP contribution in [-0.4, -0.2) is 41.1 Å². The standard InChI is InChI=1S/C12H14N4O3S/c17-12(14-20(18,19)16-7-3-4-8-16)10-9-15-6-2-1-5-11(15)13-10/h1-2,5-6,9H,3-4,7-8H2,(H,14,17). The first-order chi connectivity index (χ1) is 9.56. The first-order valence-corrected chi connectivity index (χ1v) is 7.76. The van der Waals surface area contributed by atoms with Gasteiger partial charge in [-0.2, -0.15) is 12.7 Å². The Bertz CT molecular complexity index is 714. The van der Waals surface area contributed by atoms with E-state index < -0.39 is 16.1 Å². The van der Waals surface area contributed by atoms with E-state index in [1.165, 1.54) is 10.5 Å². The van der Waals surface area contributed by atoms with E-state index in [1.807, 2.05) is 0 Å². The highest BCUT2D eigenvalue weighted by atomic mass is 32.2. The number of carbonyl (C=O) groups is 1. The second-order valence-corrected chi connectivity index (χ2v) is 6.31. The number of nitrogens with one attached hydrogen (secondary N) is 1. The van der Waals surface area contributed by atoms with Gasteiger partial charge in [-0.1, -0.05) is 6.07 Å². The van der Waals surface area contributed by atoms with E-state index in [0.717, 1.165) is 12.8 Å². The normalized spacial score (nSPS) is 16.6. The molecular weight excluding hydrogens is 280 g/mol. The minimum atomic E-state index is -3.76. The van der Waals surface area contributed by atoms with Crippen LogP contribution in [-0.2, 0) is 10.2 Å². The minimum Gasteiger partial charge on any atom is -0.306 e. The Balaban J connectivity index is 1.82. The molecule has 0 bridgehead atoms. The Labute approximate surface area is 116 Å². The number of hydrogen-bond donors (Lipinski definition) is 1. The number of amides is 1. The van der Waals surface area contributed by atoms with Crippen LogP contribution >= 0.6 is 0 Å². The number of fused-ring (bicyclic) bond motifs is 1. The number of pyridine rings is 1. The summed E-state index contributed by atoms with van der Waals surface area (Å²) in [5.41, 5.74) is 0.676. The maximum atomic E-state index is 12.0. The van der Waals surface area contributed by atoms with Gasteiger partial charge in [-0.05, 0) is 25.0 Å². The highest BCUT2D eigenvalue weighted by molar-refractivity contribution is 7.87. The molecule has 1 aliphatic heterocycles. The fourth-order valence-electron chi connectivity index (χ4n) is 2.21. The summed E-state index contributed by atoms with van der Waals surface area (Å²) in [7, 11) is -3.76. The highest BCUT2D eigenvalue weighted by Gasteiger charge is 2.27. The number of aromatic nitrogens is 2. The zero-order valence-corrected chi connectivity index (χ0v) is 11.5. The van der Waals surface area contributed by atoms with E-state index in [9.17, 15) is 13.2 Å². The molecule has 8 heteroatoms. The van der Waals surface area contributed by atoms with Crippen molar-refractivity contribution in [3.63, 3.8) is 0 Å². The molecule has 0 aromatic carbocycles. The Morgan fingerprint density at radius 3 is 2.70 bits per heavy atom. The van der Waals surface area contributed by atoms with Gasteiger partial charge in [0, 0.05) is 25.5 Å². The Kier molecular flexibility index (Phi) is 3.19. The molecule has 7 nitrogen and oxygen atoms in total. The zero-order valence-electron chi connectivity index (χ0n) is 10.7. The summed E-state index contributed by atoms with van der Waals surface area (Å²) < 4.78 is 29.0. The van der Waals surface area contributed by atoms with Gasteiger partial charge < -0.3 is 4.40 Å². The number of hydrogen-bond acceptors (Lipinski definition) is 4. The fourth-order valence-corrected chi connectivity index (χ4v) is 3.41. The van der Waals surface area contributed by atoms with Crippen LogP contribution in [0.25, 0.3) is 5.65 Å². The van der Waals surface area contributed by atoms with Crippen molar-refractivity contribution in [3.05, 3.63) is 36.3 Å². The summed E-state index contributed by atoms with van der Waals surface area (Å²) in [6.45, 7) is 0.904. The first-order valence-electron chi connectivity index (χ1n) is 6.32. The maximum Gasteiger partial charge on any atom is 0.304 e. The summed E-state index contributed by atoms with van der Waals surface area (Å²) in [6, 6.07) is 5.34. The van der Waals surface area contributed by atoms with Crippen LogP contribution in [0.15, 0.2) is 30.6 Å². The Morgan fingerprint density at radius 2 is 2.00 bits per heavy atom. The number of nitrogens with zero attached hydrogens (tertiary/aromatic N) is 3. The van der Waals surface area contributed by atoms with E-state index in [1.54, 1.807) is 28.8 Å². The molecule has 3 rings (SSSR count). The zero-order chi connectivity index (χ0) is 14.2. The van der Waals surface area contributed by atoms with E-state index in [2.05, 4.69) is 9.71 Å². The lowest BCUT2D eigenvalue weighted by Gasteiger charge is -2.15. The van der Waals surface area contributed by atoms with Gasteiger partial charge in [0.25, 0.3) is 5.91 Å². The summed E-state index contributed by atoms with van der Waals surface area (Å²) in [6.07, 6.45) is 4.89. The Morgan fingerprint density at radius 1 is 1.25 bits per heavy atom. The molecule has 20 heavy (non-hydrogen) atoms. The van der Waals surface area contributed by atoms with E-state index in [0.29, 0.717) is 18.7 Å². The molecule has 2 aromatic rings. The highest BCUT2D eigenvalue weighted by Crippen LogP contribution is 2.12. The molecule has 1 aliphatic rings. The van der Waals surface area contributed by atoms with Gasteiger partial charge in [-0.25, -0.2) is 9.71 Å². The van der Waals surface area contributed by atoms with Crippen molar-refractivity contribution in [2.75, 3.05) is 13.1 Å². The molecule has 3 heterocycles.